The number of nitrogens with zero attached hydrogens (tertiary/aromatic N) is 2. The highest BCUT2D eigenvalue weighted by atomic mass is 19.4. The van der Waals surface area contributed by atoms with Gasteiger partial charge in [0.25, 0.3) is 0 Å². The molecule has 0 fully saturated rings. The third-order valence-electron chi connectivity index (χ3n) is 2.88. The van der Waals surface area contributed by atoms with Gasteiger partial charge in [-0.2, -0.15) is 18.3 Å². The minimum Gasteiger partial charge on any atom is -0.378 e. The van der Waals surface area contributed by atoms with Gasteiger partial charge in [-0.3, -0.25) is 4.68 Å². The van der Waals surface area contributed by atoms with Gasteiger partial charge in [0.2, 0.25) is 0 Å². The Morgan fingerprint density at radius 2 is 2.00 bits per heavy atom. The number of nitrogens with one attached hydrogen (secondary N) is 1. The van der Waals surface area contributed by atoms with Crippen LogP contribution in [0.15, 0.2) is 30.6 Å². The van der Waals surface area contributed by atoms with Gasteiger partial charge in [0.05, 0.1) is 17.8 Å². The zero-order chi connectivity index (χ0) is 14.9. The molecule has 1 aromatic carbocycles. The molecule has 1 unspecified atom stereocenters. The lowest BCUT2D eigenvalue weighted by atomic mass is 10.1. The van der Waals surface area contributed by atoms with Crippen LogP contribution in [-0.2, 0) is 13.2 Å². The Morgan fingerprint density at radius 3 is 2.55 bits per heavy atom. The van der Waals surface area contributed by atoms with Gasteiger partial charge in [-0.05, 0) is 25.1 Å². The summed E-state index contributed by atoms with van der Waals surface area (Å²) in [6.07, 6.45) is -1.34. The van der Waals surface area contributed by atoms with E-state index in [0.717, 1.165) is 17.7 Å². The molecule has 2 aromatic rings. The van der Waals surface area contributed by atoms with Crippen LogP contribution in [0.25, 0.3) is 0 Å². The summed E-state index contributed by atoms with van der Waals surface area (Å²) in [4.78, 5) is 0. The maximum Gasteiger partial charge on any atom is 0.419 e. The molecule has 0 saturated heterocycles. The van der Waals surface area contributed by atoms with Gasteiger partial charge in [-0.25, -0.2) is 4.39 Å². The van der Waals surface area contributed by atoms with Gasteiger partial charge < -0.3 is 5.32 Å². The highest BCUT2D eigenvalue weighted by molar-refractivity contribution is 5.48. The van der Waals surface area contributed by atoms with E-state index in [-0.39, 0.29) is 11.7 Å². The molecule has 2 rings (SSSR count). The predicted molar refractivity (Wildman–Crippen MR) is 66.6 cm³/mol. The average Bonchev–Trinajstić information content (AvgIpc) is 2.77. The Hall–Kier alpha value is -2.05. The molecule has 1 N–H and O–H groups in total. The second kappa shape index (κ2) is 5.15. The molecule has 1 atom stereocenters. The second-order valence-corrected chi connectivity index (χ2v) is 4.51. The minimum absolute atomic E-state index is 0.204. The fourth-order valence-corrected chi connectivity index (χ4v) is 1.83. The molecule has 20 heavy (non-hydrogen) atoms. The molecule has 0 aliphatic carbocycles. The molecule has 0 amide bonds. The van der Waals surface area contributed by atoms with Crippen molar-refractivity contribution in [3.63, 3.8) is 0 Å². The van der Waals surface area contributed by atoms with E-state index in [2.05, 4.69) is 10.4 Å². The van der Waals surface area contributed by atoms with Crippen LogP contribution < -0.4 is 5.32 Å². The summed E-state index contributed by atoms with van der Waals surface area (Å²) in [6.45, 7) is 1.79. The van der Waals surface area contributed by atoms with Crippen molar-refractivity contribution in [3.05, 3.63) is 47.5 Å². The van der Waals surface area contributed by atoms with E-state index < -0.39 is 17.6 Å². The lowest BCUT2D eigenvalue weighted by Gasteiger charge is -2.16. The van der Waals surface area contributed by atoms with Crippen LogP contribution in [0.5, 0.6) is 0 Å². The normalized spacial score (nSPS) is 13.3. The van der Waals surface area contributed by atoms with Crippen molar-refractivity contribution in [1.29, 1.82) is 0 Å². The molecule has 0 bridgehead atoms. The second-order valence-electron chi connectivity index (χ2n) is 4.51. The van der Waals surface area contributed by atoms with Crippen molar-refractivity contribution in [1.82, 2.24) is 9.78 Å². The van der Waals surface area contributed by atoms with E-state index in [9.17, 15) is 17.6 Å². The summed E-state index contributed by atoms with van der Waals surface area (Å²) in [5.74, 6) is -1.28. The fraction of sp³-hybridized carbons (Fsp3) is 0.308. The Bertz CT molecular complexity index is 604. The molecule has 0 spiro atoms. The van der Waals surface area contributed by atoms with Crippen LogP contribution in [0.1, 0.15) is 24.1 Å². The molecular weight excluding hydrogens is 274 g/mol. The van der Waals surface area contributed by atoms with Gasteiger partial charge in [0.15, 0.2) is 0 Å². The molecule has 0 radical (unpaired) electrons. The lowest BCUT2D eigenvalue weighted by molar-refractivity contribution is -0.139. The summed E-state index contributed by atoms with van der Waals surface area (Å²) in [5.41, 5.74) is -0.249. The van der Waals surface area contributed by atoms with Gasteiger partial charge in [-0.15, -0.1) is 0 Å². The van der Waals surface area contributed by atoms with E-state index in [1.54, 1.807) is 31.0 Å². The Labute approximate surface area is 113 Å². The fourth-order valence-electron chi connectivity index (χ4n) is 1.83. The number of rotatable bonds is 3. The third-order valence-corrected chi connectivity index (χ3v) is 2.88. The van der Waals surface area contributed by atoms with Crippen molar-refractivity contribution >= 4 is 5.69 Å². The maximum absolute atomic E-state index is 13.2. The number of anilines is 1. The van der Waals surface area contributed by atoms with Crippen molar-refractivity contribution in [3.8, 4) is 0 Å². The van der Waals surface area contributed by atoms with E-state index in [0.29, 0.717) is 0 Å². The molecule has 3 nitrogen and oxygen atoms in total. The number of aromatic nitrogens is 2. The lowest BCUT2D eigenvalue weighted by Crippen LogP contribution is -2.11. The molecule has 1 aromatic heterocycles. The van der Waals surface area contributed by atoms with Crippen LogP contribution in [-0.4, -0.2) is 9.78 Å². The zero-order valence-corrected chi connectivity index (χ0v) is 10.9. The highest BCUT2D eigenvalue weighted by Gasteiger charge is 2.34. The van der Waals surface area contributed by atoms with Crippen molar-refractivity contribution in [2.24, 2.45) is 7.05 Å². The highest BCUT2D eigenvalue weighted by Crippen LogP contribution is 2.33. The van der Waals surface area contributed by atoms with Crippen LogP contribution in [0.3, 0.4) is 0 Å². The van der Waals surface area contributed by atoms with E-state index in [1.807, 2.05) is 0 Å². The van der Waals surface area contributed by atoms with Gasteiger partial charge in [-0.1, -0.05) is 0 Å². The zero-order valence-electron chi connectivity index (χ0n) is 10.9. The first-order valence-corrected chi connectivity index (χ1v) is 5.89. The third kappa shape index (κ3) is 3.09. The van der Waals surface area contributed by atoms with E-state index in [1.165, 1.54) is 6.07 Å². The van der Waals surface area contributed by atoms with Crippen LogP contribution in [0.4, 0.5) is 23.2 Å². The van der Waals surface area contributed by atoms with E-state index in [4.69, 9.17) is 0 Å². The topological polar surface area (TPSA) is 29.9 Å². The largest absolute Gasteiger partial charge is 0.419 e. The number of aryl methyl sites for hydroxylation is 1. The summed E-state index contributed by atoms with van der Waals surface area (Å²) < 4.78 is 52.6. The predicted octanol–water partition coefficient (Wildman–Crippen LogP) is 3.75. The molecule has 0 aliphatic heterocycles. The average molecular weight is 287 g/mol. The smallest absolute Gasteiger partial charge is 0.378 e. The first-order valence-electron chi connectivity index (χ1n) is 5.89. The maximum atomic E-state index is 13.2. The van der Waals surface area contributed by atoms with Crippen LogP contribution in [0, 0.1) is 5.82 Å². The molecule has 0 saturated carbocycles. The van der Waals surface area contributed by atoms with Crippen molar-refractivity contribution in [2.45, 2.75) is 19.1 Å². The molecule has 1 heterocycles. The minimum atomic E-state index is -4.71. The van der Waals surface area contributed by atoms with E-state index >= 15 is 0 Å². The number of alkyl halides is 3. The van der Waals surface area contributed by atoms with Crippen LogP contribution >= 0.6 is 0 Å². The number of benzene rings is 1. The first kappa shape index (κ1) is 14.4. The van der Waals surface area contributed by atoms with Gasteiger partial charge in [0, 0.05) is 24.5 Å². The first-order chi connectivity index (χ1) is 9.27. The summed E-state index contributed by atoms with van der Waals surface area (Å²) in [5, 5.41) is 6.88. The quantitative estimate of drug-likeness (QED) is 0.871. The van der Waals surface area contributed by atoms with Gasteiger partial charge >= 0.3 is 6.18 Å². The van der Waals surface area contributed by atoms with Gasteiger partial charge in [0.1, 0.15) is 5.82 Å². The summed E-state index contributed by atoms with van der Waals surface area (Å²) in [7, 11) is 1.75. The number of halogens is 4. The van der Waals surface area contributed by atoms with Crippen molar-refractivity contribution in [2.75, 3.05) is 5.32 Å². The number of hydrogen-bond donors (Lipinski definition) is 1. The van der Waals surface area contributed by atoms with Crippen LogP contribution in [0.2, 0.25) is 0 Å². The summed E-state index contributed by atoms with van der Waals surface area (Å²) >= 11 is 0. The molecule has 108 valence electrons. The monoisotopic (exact) mass is 287 g/mol. The summed E-state index contributed by atoms with van der Waals surface area (Å²) in [6, 6.07) is 2.61. The Balaban J connectivity index is 2.22. The Kier molecular flexibility index (Phi) is 3.69. The standard InChI is InChI=1S/C13H13F4N3/c1-8(9-6-18-20(2)7-9)19-10-3-4-12(14)11(5-10)13(15,16)17/h3-8,19H,1-2H3. The molecule has 7 heteroatoms. The SMILES string of the molecule is CC(Nc1ccc(F)c(C(F)(F)F)c1)c1cnn(C)c1. The molecular formula is C13H13F4N3. The Morgan fingerprint density at radius 1 is 1.30 bits per heavy atom. The molecule has 0 aliphatic rings. The number of hydrogen-bond acceptors (Lipinski definition) is 2. The van der Waals surface area contributed by atoms with Crippen molar-refractivity contribution < 1.29 is 17.6 Å².